The van der Waals surface area contributed by atoms with Crippen molar-refractivity contribution in [2.75, 3.05) is 0 Å². The Kier molecular flexibility index (Phi) is 5.52. The van der Waals surface area contributed by atoms with E-state index in [0.29, 0.717) is 12.1 Å². The molecule has 5 nitrogen and oxygen atoms in total. The molecule has 3 aromatic rings. The first kappa shape index (κ1) is 18.3. The number of ketones is 1. The van der Waals surface area contributed by atoms with Gasteiger partial charge in [-0.25, -0.2) is 4.98 Å². The molecule has 0 N–H and O–H groups in total. The van der Waals surface area contributed by atoms with Crippen molar-refractivity contribution in [3.05, 3.63) is 70.8 Å². The predicted molar refractivity (Wildman–Crippen MR) is 103 cm³/mol. The van der Waals surface area contributed by atoms with Gasteiger partial charge < -0.3 is 4.57 Å². The topological polar surface area (TPSA) is 60.7 Å². The highest BCUT2D eigenvalue weighted by Crippen LogP contribution is 2.33. The zero-order chi connectivity index (χ0) is 18.7. The molecule has 0 radical (unpaired) electrons. The Morgan fingerprint density at radius 3 is 2.73 bits per heavy atom. The summed E-state index contributed by atoms with van der Waals surface area (Å²) < 4.78 is 1.90. The number of hydrogen-bond donors (Lipinski definition) is 0. The van der Waals surface area contributed by atoms with E-state index in [-0.39, 0.29) is 11.0 Å². The Morgan fingerprint density at radius 2 is 2.04 bits per heavy atom. The Labute approximate surface area is 157 Å². The highest BCUT2D eigenvalue weighted by atomic mass is 32.2. The lowest BCUT2D eigenvalue weighted by Gasteiger charge is -2.12. The van der Waals surface area contributed by atoms with Crippen LogP contribution in [-0.2, 0) is 13.5 Å². The molecule has 6 heteroatoms. The summed E-state index contributed by atoms with van der Waals surface area (Å²) in [4.78, 5) is 17.0. The van der Waals surface area contributed by atoms with E-state index in [9.17, 15) is 4.79 Å². The third-order valence-corrected chi connectivity index (χ3v) is 5.33. The Hall–Kier alpha value is -2.47. The van der Waals surface area contributed by atoms with E-state index < -0.39 is 0 Å². The molecule has 0 aliphatic carbocycles. The molecule has 0 bridgehead atoms. The van der Waals surface area contributed by atoms with Gasteiger partial charge in [-0.05, 0) is 49.6 Å². The lowest BCUT2D eigenvalue weighted by atomic mass is 10.0. The van der Waals surface area contributed by atoms with Crippen molar-refractivity contribution < 1.29 is 4.79 Å². The fraction of sp³-hybridized carbons (Fsp3) is 0.300. The second kappa shape index (κ2) is 7.83. The minimum atomic E-state index is 0.0440. The molecule has 0 saturated heterocycles. The molecule has 26 heavy (non-hydrogen) atoms. The van der Waals surface area contributed by atoms with Gasteiger partial charge in [0.1, 0.15) is 12.0 Å². The molecular formula is C20H22N4OS. The summed E-state index contributed by atoms with van der Waals surface area (Å²) in [5, 5.41) is 9.12. The van der Waals surface area contributed by atoms with Crippen molar-refractivity contribution >= 4 is 17.5 Å². The molecule has 2 heterocycles. The zero-order valence-corrected chi connectivity index (χ0v) is 16.2. The van der Waals surface area contributed by atoms with E-state index in [1.54, 1.807) is 18.1 Å². The van der Waals surface area contributed by atoms with Gasteiger partial charge >= 0.3 is 0 Å². The van der Waals surface area contributed by atoms with Crippen LogP contribution in [0.15, 0.2) is 47.9 Å². The maximum Gasteiger partial charge on any atom is 0.191 e. The van der Waals surface area contributed by atoms with Gasteiger partial charge in [0, 0.05) is 24.4 Å². The van der Waals surface area contributed by atoms with Gasteiger partial charge in [-0.1, -0.05) is 36.0 Å². The fourth-order valence-corrected chi connectivity index (χ4v) is 3.73. The number of benzene rings is 1. The van der Waals surface area contributed by atoms with Crippen molar-refractivity contribution in [3.8, 4) is 0 Å². The molecule has 0 saturated carbocycles. The SMILES string of the molecule is Cc1cc(C)nc(C(=O)Cc2cccc([C@H](C)Sc3nncn3C)c2)c1. The number of hydrogen-bond acceptors (Lipinski definition) is 5. The van der Waals surface area contributed by atoms with E-state index in [2.05, 4.69) is 34.2 Å². The van der Waals surface area contributed by atoms with Crippen LogP contribution in [0.4, 0.5) is 0 Å². The van der Waals surface area contributed by atoms with Crippen LogP contribution in [0.2, 0.25) is 0 Å². The smallest absolute Gasteiger partial charge is 0.191 e. The van der Waals surface area contributed by atoms with Gasteiger partial charge in [-0.3, -0.25) is 4.79 Å². The van der Waals surface area contributed by atoms with Gasteiger partial charge in [-0.15, -0.1) is 10.2 Å². The summed E-state index contributed by atoms with van der Waals surface area (Å²) >= 11 is 1.65. The summed E-state index contributed by atoms with van der Waals surface area (Å²) in [6, 6.07) is 12.0. The van der Waals surface area contributed by atoms with Crippen LogP contribution in [0.3, 0.4) is 0 Å². The van der Waals surface area contributed by atoms with Gasteiger partial charge in [-0.2, -0.15) is 0 Å². The number of thioether (sulfide) groups is 1. The maximum atomic E-state index is 12.6. The normalized spacial score (nSPS) is 12.2. The Bertz CT molecular complexity index is 915. The number of pyridine rings is 1. The second-order valence-corrected chi connectivity index (χ2v) is 7.81. The molecule has 1 atom stereocenters. The third kappa shape index (κ3) is 4.38. The van der Waals surface area contributed by atoms with Crippen LogP contribution in [0, 0.1) is 13.8 Å². The molecule has 3 rings (SSSR count). The van der Waals surface area contributed by atoms with Gasteiger partial charge in [0.2, 0.25) is 0 Å². The van der Waals surface area contributed by atoms with E-state index in [4.69, 9.17) is 0 Å². The molecule has 0 amide bonds. The summed E-state index contributed by atoms with van der Waals surface area (Å²) in [5.74, 6) is 0.0440. The average molecular weight is 366 g/mol. The molecule has 0 unspecified atom stereocenters. The molecule has 0 aliphatic heterocycles. The minimum Gasteiger partial charge on any atom is -0.312 e. The van der Waals surface area contributed by atoms with Gasteiger partial charge in [0.25, 0.3) is 0 Å². The van der Waals surface area contributed by atoms with E-state index in [0.717, 1.165) is 27.5 Å². The van der Waals surface area contributed by atoms with E-state index in [1.165, 1.54) is 0 Å². The summed E-state index contributed by atoms with van der Waals surface area (Å²) in [5.41, 5.74) is 4.63. The number of carbonyl (C=O) groups is 1. The largest absolute Gasteiger partial charge is 0.312 e. The fourth-order valence-electron chi connectivity index (χ4n) is 2.82. The number of carbonyl (C=O) groups excluding carboxylic acids is 1. The molecule has 134 valence electrons. The molecule has 2 aromatic heterocycles. The van der Waals surface area contributed by atoms with Crippen LogP contribution in [0.5, 0.6) is 0 Å². The van der Waals surface area contributed by atoms with E-state index >= 15 is 0 Å². The molecule has 0 spiro atoms. The van der Waals surface area contributed by atoms with Crippen molar-refractivity contribution in [1.82, 2.24) is 19.7 Å². The Balaban J connectivity index is 1.74. The first-order chi connectivity index (χ1) is 12.4. The average Bonchev–Trinajstić information content (AvgIpc) is 2.99. The van der Waals surface area contributed by atoms with Crippen molar-refractivity contribution in [2.24, 2.45) is 7.05 Å². The number of aryl methyl sites for hydroxylation is 3. The molecule has 1 aromatic carbocycles. The monoisotopic (exact) mass is 366 g/mol. The molecule has 0 fully saturated rings. The summed E-state index contributed by atoms with van der Waals surface area (Å²) in [7, 11) is 1.93. The van der Waals surface area contributed by atoms with Crippen molar-refractivity contribution in [1.29, 1.82) is 0 Å². The number of aromatic nitrogens is 4. The predicted octanol–water partition coefficient (Wildman–Crippen LogP) is 4.11. The standard InChI is InChI=1S/C20H22N4OS/c1-13-8-14(2)22-18(9-13)19(25)11-16-6-5-7-17(10-16)15(3)26-20-23-21-12-24(20)4/h5-10,12,15H,11H2,1-4H3/t15-/m0/s1. The second-order valence-electron chi connectivity index (χ2n) is 6.50. The number of Topliss-reactive ketones (excluding diaryl/α,β-unsaturated/α-hetero) is 1. The highest BCUT2D eigenvalue weighted by Gasteiger charge is 2.14. The quantitative estimate of drug-likeness (QED) is 0.485. The maximum absolute atomic E-state index is 12.6. The van der Waals surface area contributed by atoms with Crippen molar-refractivity contribution in [2.45, 2.75) is 37.6 Å². The van der Waals surface area contributed by atoms with Crippen LogP contribution in [0.25, 0.3) is 0 Å². The van der Waals surface area contributed by atoms with Crippen LogP contribution >= 0.6 is 11.8 Å². The highest BCUT2D eigenvalue weighted by molar-refractivity contribution is 7.99. The van der Waals surface area contributed by atoms with Crippen LogP contribution in [0.1, 0.15) is 45.0 Å². The van der Waals surface area contributed by atoms with E-state index in [1.807, 2.05) is 49.7 Å². The minimum absolute atomic E-state index is 0.0440. The Morgan fingerprint density at radius 1 is 1.23 bits per heavy atom. The number of nitrogens with zero attached hydrogens (tertiary/aromatic N) is 4. The van der Waals surface area contributed by atoms with Crippen LogP contribution < -0.4 is 0 Å². The summed E-state index contributed by atoms with van der Waals surface area (Å²) in [6.45, 7) is 6.03. The zero-order valence-electron chi connectivity index (χ0n) is 15.4. The van der Waals surface area contributed by atoms with Gasteiger partial charge in [0.15, 0.2) is 10.9 Å². The molecule has 0 aliphatic rings. The third-order valence-electron chi connectivity index (χ3n) is 4.12. The first-order valence-electron chi connectivity index (χ1n) is 8.50. The van der Waals surface area contributed by atoms with Gasteiger partial charge in [0.05, 0.1) is 0 Å². The lowest BCUT2D eigenvalue weighted by Crippen LogP contribution is -2.07. The lowest BCUT2D eigenvalue weighted by molar-refractivity contribution is 0.0988. The van der Waals surface area contributed by atoms with Crippen LogP contribution in [-0.4, -0.2) is 25.5 Å². The molecular weight excluding hydrogens is 344 g/mol. The van der Waals surface area contributed by atoms with Crippen molar-refractivity contribution in [3.63, 3.8) is 0 Å². The number of rotatable bonds is 6. The summed E-state index contributed by atoms with van der Waals surface area (Å²) in [6.07, 6.45) is 2.05. The first-order valence-corrected chi connectivity index (χ1v) is 9.38.